The SMILES string of the molecule is Cc1nc(CC2CC(C)(C)CCC2CN)cs1. The third kappa shape index (κ3) is 3.29. The van der Waals surface area contributed by atoms with Crippen LogP contribution >= 0.6 is 11.3 Å². The van der Waals surface area contributed by atoms with Gasteiger partial charge in [0, 0.05) is 5.38 Å². The maximum Gasteiger partial charge on any atom is 0.0897 e. The lowest BCUT2D eigenvalue weighted by Gasteiger charge is -2.40. The van der Waals surface area contributed by atoms with Crippen LogP contribution in [0.3, 0.4) is 0 Å². The van der Waals surface area contributed by atoms with Crippen LogP contribution in [0.15, 0.2) is 5.38 Å². The first-order valence-corrected chi connectivity index (χ1v) is 7.49. The molecule has 1 aliphatic carbocycles. The Kier molecular flexibility index (Phi) is 3.88. The van der Waals surface area contributed by atoms with Crippen molar-refractivity contribution in [3.05, 3.63) is 16.1 Å². The van der Waals surface area contributed by atoms with Crippen LogP contribution in [0.4, 0.5) is 0 Å². The van der Waals surface area contributed by atoms with Crippen molar-refractivity contribution in [2.75, 3.05) is 6.54 Å². The monoisotopic (exact) mass is 252 g/mol. The van der Waals surface area contributed by atoms with Gasteiger partial charge in [0.15, 0.2) is 0 Å². The molecular formula is C14H24N2S. The van der Waals surface area contributed by atoms with E-state index in [1.165, 1.54) is 30.0 Å². The van der Waals surface area contributed by atoms with Crippen LogP contribution in [0.25, 0.3) is 0 Å². The average Bonchev–Trinajstić information content (AvgIpc) is 2.63. The van der Waals surface area contributed by atoms with Gasteiger partial charge in [0.1, 0.15) is 0 Å². The summed E-state index contributed by atoms with van der Waals surface area (Å²) in [5.41, 5.74) is 7.68. The van der Waals surface area contributed by atoms with Crippen LogP contribution in [0, 0.1) is 24.2 Å². The Morgan fingerprint density at radius 2 is 2.24 bits per heavy atom. The van der Waals surface area contributed by atoms with E-state index < -0.39 is 0 Å². The first kappa shape index (κ1) is 13.0. The highest BCUT2D eigenvalue weighted by Gasteiger charge is 2.34. The molecule has 3 heteroatoms. The van der Waals surface area contributed by atoms with Crippen molar-refractivity contribution in [1.29, 1.82) is 0 Å². The molecule has 1 heterocycles. The van der Waals surface area contributed by atoms with Crippen LogP contribution in [-0.4, -0.2) is 11.5 Å². The van der Waals surface area contributed by atoms with Crippen molar-refractivity contribution < 1.29 is 0 Å². The number of nitrogens with zero attached hydrogens (tertiary/aromatic N) is 1. The molecule has 0 radical (unpaired) electrons. The van der Waals surface area contributed by atoms with Crippen LogP contribution in [0.1, 0.15) is 43.8 Å². The molecule has 0 amide bonds. The first-order chi connectivity index (χ1) is 8.00. The van der Waals surface area contributed by atoms with Crippen molar-refractivity contribution in [2.24, 2.45) is 23.0 Å². The molecule has 0 bridgehead atoms. The summed E-state index contributed by atoms with van der Waals surface area (Å²) in [5, 5.41) is 3.39. The van der Waals surface area contributed by atoms with Crippen molar-refractivity contribution in [2.45, 2.75) is 46.5 Å². The second-order valence-corrected chi connectivity index (χ2v) is 7.29. The van der Waals surface area contributed by atoms with Crippen LogP contribution in [-0.2, 0) is 6.42 Å². The van der Waals surface area contributed by atoms with E-state index in [1.807, 2.05) is 0 Å². The second-order valence-electron chi connectivity index (χ2n) is 6.22. The van der Waals surface area contributed by atoms with Gasteiger partial charge in [0.2, 0.25) is 0 Å². The maximum atomic E-state index is 5.92. The highest BCUT2D eigenvalue weighted by molar-refractivity contribution is 7.09. The lowest BCUT2D eigenvalue weighted by molar-refractivity contribution is 0.121. The molecule has 2 nitrogen and oxygen atoms in total. The summed E-state index contributed by atoms with van der Waals surface area (Å²) in [6, 6.07) is 0. The van der Waals surface area contributed by atoms with Gasteiger partial charge < -0.3 is 5.73 Å². The fraction of sp³-hybridized carbons (Fsp3) is 0.786. The zero-order valence-electron chi connectivity index (χ0n) is 11.2. The molecule has 1 aliphatic rings. The van der Waals surface area contributed by atoms with Crippen molar-refractivity contribution in [3.63, 3.8) is 0 Å². The van der Waals surface area contributed by atoms with E-state index in [9.17, 15) is 0 Å². The second kappa shape index (κ2) is 5.07. The molecule has 1 aromatic heterocycles. The van der Waals surface area contributed by atoms with Crippen LogP contribution in [0.5, 0.6) is 0 Å². The predicted molar refractivity (Wildman–Crippen MR) is 74.2 cm³/mol. The van der Waals surface area contributed by atoms with Gasteiger partial charge in [-0.3, -0.25) is 0 Å². The van der Waals surface area contributed by atoms with Gasteiger partial charge in [0.25, 0.3) is 0 Å². The molecule has 0 aromatic carbocycles. The van der Waals surface area contributed by atoms with Crippen molar-refractivity contribution in [3.8, 4) is 0 Å². The quantitative estimate of drug-likeness (QED) is 0.895. The van der Waals surface area contributed by atoms with Gasteiger partial charge in [-0.05, 0) is 56.4 Å². The van der Waals surface area contributed by atoms with E-state index >= 15 is 0 Å². The van der Waals surface area contributed by atoms with E-state index in [-0.39, 0.29) is 0 Å². The van der Waals surface area contributed by atoms with Gasteiger partial charge in [-0.25, -0.2) is 4.98 Å². The lowest BCUT2D eigenvalue weighted by Crippen LogP contribution is -2.35. The Labute approximate surface area is 109 Å². The number of hydrogen-bond donors (Lipinski definition) is 1. The van der Waals surface area contributed by atoms with Gasteiger partial charge in [-0.1, -0.05) is 13.8 Å². The Balaban J connectivity index is 2.05. The van der Waals surface area contributed by atoms with Gasteiger partial charge in [-0.2, -0.15) is 0 Å². The van der Waals surface area contributed by atoms with Gasteiger partial charge >= 0.3 is 0 Å². The topological polar surface area (TPSA) is 38.9 Å². The fourth-order valence-electron chi connectivity index (χ4n) is 3.11. The molecular weight excluding hydrogens is 228 g/mol. The summed E-state index contributed by atoms with van der Waals surface area (Å²) >= 11 is 1.76. The predicted octanol–water partition coefficient (Wildman–Crippen LogP) is 3.40. The molecule has 1 saturated carbocycles. The molecule has 2 unspecified atom stereocenters. The Bertz CT molecular complexity index is 370. The number of rotatable bonds is 3. The van der Waals surface area contributed by atoms with E-state index in [1.54, 1.807) is 11.3 Å². The van der Waals surface area contributed by atoms with Crippen LogP contribution < -0.4 is 5.73 Å². The summed E-state index contributed by atoms with van der Waals surface area (Å²) in [4.78, 5) is 4.60. The zero-order valence-corrected chi connectivity index (χ0v) is 12.0. The number of thiazole rings is 1. The number of aryl methyl sites for hydroxylation is 1. The smallest absolute Gasteiger partial charge is 0.0897 e. The van der Waals surface area contributed by atoms with E-state index in [2.05, 4.69) is 31.1 Å². The number of nitrogens with two attached hydrogens (primary N) is 1. The normalized spacial score (nSPS) is 28.2. The summed E-state index contributed by atoms with van der Waals surface area (Å²) < 4.78 is 0. The van der Waals surface area contributed by atoms with Crippen molar-refractivity contribution in [1.82, 2.24) is 4.98 Å². The molecule has 17 heavy (non-hydrogen) atoms. The Morgan fingerprint density at radius 3 is 2.82 bits per heavy atom. The largest absolute Gasteiger partial charge is 0.330 e. The molecule has 1 aromatic rings. The van der Waals surface area contributed by atoms with E-state index in [0.29, 0.717) is 11.3 Å². The molecule has 2 N–H and O–H groups in total. The Morgan fingerprint density at radius 1 is 1.47 bits per heavy atom. The van der Waals surface area contributed by atoms with E-state index in [0.717, 1.165) is 18.9 Å². The maximum absolute atomic E-state index is 5.92. The summed E-state index contributed by atoms with van der Waals surface area (Å²) in [6.45, 7) is 7.70. The highest BCUT2D eigenvalue weighted by Crippen LogP contribution is 2.42. The number of aromatic nitrogens is 1. The minimum Gasteiger partial charge on any atom is -0.330 e. The fourth-order valence-corrected chi connectivity index (χ4v) is 3.74. The van der Waals surface area contributed by atoms with Crippen LogP contribution in [0.2, 0.25) is 0 Å². The number of hydrogen-bond acceptors (Lipinski definition) is 3. The molecule has 96 valence electrons. The van der Waals surface area contributed by atoms with E-state index in [4.69, 9.17) is 5.73 Å². The summed E-state index contributed by atoms with van der Waals surface area (Å²) in [5.74, 6) is 1.43. The highest BCUT2D eigenvalue weighted by atomic mass is 32.1. The van der Waals surface area contributed by atoms with Gasteiger partial charge in [-0.15, -0.1) is 11.3 Å². The third-order valence-electron chi connectivity index (χ3n) is 4.11. The molecule has 0 spiro atoms. The summed E-state index contributed by atoms with van der Waals surface area (Å²) in [7, 11) is 0. The standard InChI is InChI=1S/C14H24N2S/c1-10-16-13(9-17-10)6-12-7-14(2,3)5-4-11(12)8-15/h9,11-12H,4-8,15H2,1-3H3. The molecule has 2 rings (SSSR count). The average molecular weight is 252 g/mol. The molecule has 2 atom stereocenters. The molecule has 0 saturated heterocycles. The van der Waals surface area contributed by atoms with Crippen molar-refractivity contribution >= 4 is 11.3 Å². The minimum absolute atomic E-state index is 0.488. The molecule has 1 fully saturated rings. The third-order valence-corrected chi connectivity index (χ3v) is 4.94. The Hall–Kier alpha value is -0.410. The first-order valence-electron chi connectivity index (χ1n) is 6.61. The molecule has 0 aliphatic heterocycles. The lowest BCUT2D eigenvalue weighted by atomic mass is 9.66. The minimum atomic E-state index is 0.488. The van der Waals surface area contributed by atoms with Gasteiger partial charge in [0.05, 0.1) is 10.7 Å². The summed E-state index contributed by atoms with van der Waals surface area (Å²) in [6.07, 6.45) is 5.03. The zero-order chi connectivity index (χ0) is 12.5.